The second-order valence-corrected chi connectivity index (χ2v) is 5.29. The lowest BCUT2D eigenvalue weighted by Gasteiger charge is -2.33. The van der Waals surface area contributed by atoms with E-state index in [1.54, 1.807) is 11.3 Å². The molecule has 1 aromatic heterocycles. The summed E-state index contributed by atoms with van der Waals surface area (Å²) in [5, 5.41) is 0. The molecule has 1 aliphatic heterocycles. The monoisotopic (exact) mass is 246 g/mol. The van der Waals surface area contributed by atoms with E-state index >= 15 is 0 Å². The molecule has 1 atom stereocenters. The van der Waals surface area contributed by atoms with E-state index in [9.17, 15) is 0 Å². The van der Waals surface area contributed by atoms with Crippen molar-refractivity contribution in [1.82, 2.24) is 4.90 Å². The minimum absolute atomic E-state index is 0.298. The van der Waals surface area contributed by atoms with Gasteiger partial charge < -0.3 is 10.5 Å². The number of nitrogens with zero attached hydrogens (tertiary/aromatic N) is 1. The van der Waals surface area contributed by atoms with Crippen LogP contribution in [0.5, 0.6) is 0 Å². The van der Waals surface area contributed by atoms with Crippen LogP contribution in [-0.2, 0) is 4.74 Å². The maximum atomic E-state index is 5.93. The minimum Gasteiger partial charge on any atom is -0.379 e. The predicted molar refractivity (Wildman–Crippen MR) is 63.5 cm³/mol. The Hall–Kier alpha value is -0.130. The van der Waals surface area contributed by atoms with Crippen LogP contribution >= 0.6 is 22.9 Å². The molecule has 1 saturated heterocycles. The summed E-state index contributed by atoms with van der Waals surface area (Å²) in [7, 11) is 0. The molecule has 1 aromatic rings. The predicted octanol–water partition coefficient (Wildman–Crippen LogP) is 1.73. The van der Waals surface area contributed by atoms with Gasteiger partial charge in [-0.3, -0.25) is 4.90 Å². The fourth-order valence-electron chi connectivity index (χ4n) is 1.84. The molecule has 3 nitrogen and oxygen atoms in total. The number of ether oxygens (including phenoxy) is 1. The third kappa shape index (κ3) is 2.71. The van der Waals surface area contributed by atoms with Gasteiger partial charge >= 0.3 is 0 Å². The zero-order valence-corrected chi connectivity index (χ0v) is 10.1. The van der Waals surface area contributed by atoms with Crippen LogP contribution in [-0.4, -0.2) is 37.7 Å². The van der Waals surface area contributed by atoms with Crippen molar-refractivity contribution in [3.05, 3.63) is 21.3 Å². The van der Waals surface area contributed by atoms with Crippen LogP contribution in [0.3, 0.4) is 0 Å². The van der Waals surface area contributed by atoms with Gasteiger partial charge in [-0.15, -0.1) is 11.3 Å². The Morgan fingerprint density at radius 2 is 2.20 bits per heavy atom. The normalized spacial score (nSPS) is 20.4. The smallest absolute Gasteiger partial charge is 0.0931 e. The van der Waals surface area contributed by atoms with Gasteiger partial charge in [-0.25, -0.2) is 0 Å². The summed E-state index contributed by atoms with van der Waals surface area (Å²) in [6.45, 7) is 4.15. The van der Waals surface area contributed by atoms with Gasteiger partial charge in [-0.1, -0.05) is 11.6 Å². The van der Waals surface area contributed by atoms with Crippen molar-refractivity contribution in [2.45, 2.75) is 6.04 Å². The van der Waals surface area contributed by atoms with Gasteiger partial charge in [-0.2, -0.15) is 0 Å². The standard InChI is InChI=1S/C10H15ClN2OS/c11-10-2-1-9(15-10)8(7-12)13-3-5-14-6-4-13/h1-2,8H,3-7,12H2. The van der Waals surface area contributed by atoms with E-state index in [1.807, 2.05) is 6.07 Å². The molecule has 1 unspecified atom stereocenters. The average Bonchev–Trinajstić information content (AvgIpc) is 2.68. The molecule has 0 aliphatic carbocycles. The number of rotatable bonds is 3. The van der Waals surface area contributed by atoms with Gasteiger partial charge in [0.25, 0.3) is 0 Å². The van der Waals surface area contributed by atoms with Gasteiger partial charge in [0, 0.05) is 24.5 Å². The molecule has 2 N–H and O–H groups in total. The average molecular weight is 247 g/mol. The maximum Gasteiger partial charge on any atom is 0.0931 e. The first-order valence-corrected chi connectivity index (χ1v) is 6.28. The first kappa shape index (κ1) is 11.4. The third-order valence-corrected chi connectivity index (χ3v) is 3.96. The van der Waals surface area contributed by atoms with Gasteiger partial charge in [0.2, 0.25) is 0 Å². The van der Waals surface area contributed by atoms with Gasteiger partial charge in [0.1, 0.15) is 0 Å². The molecule has 15 heavy (non-hydrogen) atoms. The van der Waals surface area contributed by atoms with E-state index < -0.39 is 0 Å². The van der Waals surface area contributed by atoms with Crippen molar-refractivity contribution >= 4 is 22.9 Å². The highest BCUT2D eigenvalue weighted by atomic mass is 35.5. The van der Waals surface area contributed by atoms with Crippen LogP contribution < -0.4 is 5.73 Å². The van der Waals surface area contributed by atoms with Crippen molar-refractivity contribution in [3.8, 4) is 0 Å². The molecule has 0 aromatic carbocycles. The van der Waals surface area contributed by atoms with E-state index in [4.69, 9.17) is 22.1 Å². The largest absolute Gasteiger partial charge is 0.379 e. The maximum absolute atomic E-state index is 5.93. The van der Waals surface area contributed by atoms with Gasteiger partial charge in [0.05, 0.1) is 23.6 Å². The second kappa shape index (κ2) is 5.27. The fraction of sp³-hybridized carbons (Fsp3) is 0.600. The molecule has 0 bridgehead atoms. The molecule has 0 amide bonds. The van der Waals surface area contributed by atoms with Crippen molar-refractivity contribution < 1.29 is 4.74 Å². The summed E-state index contributed by atoms with van der Waals surface area (Å²) in [6.07, 6.45) is 0. The summed E-state index contributed by atoms with van der Waals surface area (Å²) in [6, 6.07) is 4.30. The summed E-state index contributed by atoms with van der Waals surface area (Å²) < 4.78 is 6.16. The lowest BCUT2D eigenvalue weighted by Crippen LogP contribution is -2.41. The molecule has 5 heteroatoms. The Morgan fingerprint density at radius 3 is 2.73 bits per heavy atom. The highest BCUT2D eigenvalue weighted by molar-refractivity contribution is 7.16. The Bertz CT molecular complexity index is 312. The molecular formula is C10H15ClN2OS. The Morgan fingerprint density at radius 1 is 1.47 bits per heavy atom. The lowest BCUT2D eigenvalue weighted by atomic mass is 10.2. The molecule has 1 aliphatic rings. The zero-order chi connectivity index (χ0) is 10.7. The minimum atomic E-state index is 0.298. The van der Waals surface area contributed by atoms with Crippen LogP contribution in [0.4, 0.5) is 0 Å². The van der Waals surface area contributed by atoms with Gasteiger partial charge in [0.15, 0.2) is 0 Å². The second-order valence-electron chi connectivity index (χ2n) is 3.54. The quantitative estimate of drug-likeness (QED) is 0.883. The van der Waals surface area contributed by atoms with E-state index in [-0.39, 0.29) is 0 Å². The molecule has 2 rings (SSSR count). The third-order valence-electron chi connectivity index (χ3n) is 2.63. The van der Waals surface area contributed by atoms with Crippen LogP contribution in [0, 0.1) is 0 Å². The molecule has 0 spiro atoms. The molecule has 0 radical (unpaired) electrons. The van der Waals surface area contributed by atoms with E-state index in [2.05, 4.69) is 11.0 Å². The van der Waals surface area contributed by atoms with E-state index in [1.165, 1.54) is 4.88 Å². The number of halogens is 1. The first-order valence-electron chi connectivity index (χ1n) is 5.08. The number of thiophene rings is 1. The van der Waals surface area contributed by atoms with Crippen LogP contribution in [0.25, 0.3) is 0 Å². The summed E-state index contributed by atoms with van der Waals surface area (Å²) in [5.74, 6) is 0. The molecular weight excluding hydrogens is 232 g/mol. The van der Waals surface area contributed by atoms with Crippen molar-refractivity contribution in [2.24, 2.45) is 5.73 Å². The molecule has 1 fully saturated rings. The highest BCUT2D eigenvalue weighted by Crippen LogP contribution is 2.30. The lowest BCUT2D eigenvalue weighted by molar-refractivity contribution is 0.0186. The Kier molecular flexibility index (Phi) is 3.99. The Labute approximate surface area is 98.8 Å². The first-order chi connectivity index (χ1) is 7.31. The van der Waals surface area contributed by atoms with E-state index in [0.717, 1.165) is 30.6 Å². The van der Waals surface area contributed by atoms with E-state index in [0.29, 0.717) is 12.6 Å². The number of hydrogen-bond donors (Lipinski definition) is 1. The molecule has 84 valence electrons. The van der Waals surface area contributed by atoms with Gasteiger partial charge in [-0.05, 0) is 12.1 Å². The summed E-state index contributed by atoms with van der Waals surface area (Å²) in [5.41, 5.74) is 5.83. The van der Waals surface area contributed by atoms with Crippen LogP contribution in [0.2, 0.25) is 4.34 Å². The Balaban J connectivity index is 2.08. The highest BCUT2D eigenvalue weighted by Gasteiger charge is 2.22. The number of morpholine rings is 1. The van der Waals surface area contributed by atoms with Crippen LogP contribution in [0.15, 0.2) is 12.1 Å². The number of hydrogen-bond acceptors (Lipinski definition) is 4. The zero-order valence-electron chi connectivity index (χ0n) is 8.49. The summed E-state index contributed by atoms with van der Waals surface area (Å²) in [4.78, 5) is 3.62. The van der Waals surface area contributed by atoms with Crippen molar-refractivity contribution in [2.75, 3.05) is 32.8 Å². The van der Waals surface area contributed by atoms with Crippen LogP contribution in [0.1, 0.15) is 10.9 Å². The SMILES string of the molecule is NCC(c1ccc(Cl)s1)N1CCOCC1. The fourth-order valence-corrected chi connectivity index (χ4v) is 3.05. The van der Waals surface area contributed by atoms with Crippen molar-refractivity contribution in [1.29, 1.82) is 0 Å². The van der Waals surface area contributed by atoms with Crippen molar-refractivity contribution in [3.63, 3.8) is 0 Å². The topological polar surface area (TPSA) is 38.5 Å². The molecule has 0 saturated carbocycles. The number of nitrogens with two attached hydrogens (primary N) is 1. The molecule has 2 heterocycles. The summed E-state index contributed by atoms with van der Waals surface area (Å²) >= 11 is 7.55.